The smallest absolute Gasteiger partial charge is 0.231 e. The molecule has 0 aromatic heterocycles. The third-order valence-corrected chi connectivity index (χ3v) is 4.87. The molecule has 1 unspecified atom stereocenters. The molecule has 1 amide bonds. The van der Waals surface area contributed by atoms with Crippen LogP contribution in [0.25, 0.3) is 0 Å². The fourth-order valence-corrected chi connectivity index (χ4v) is 3.50. The van der Waals surface area contributed by atoms with Gasteiger partial charge in [-0.05, 0) is 37.6 Å². The summed E-state index contributed by atoms with van der Waals surface area (Å²) in [7, 11) is 0. The second-order valence-electron chi connectivity index (χ2n) is 6.72. The van der Waals surface area contributed by atoms with Gasteiger partial charge in [0.05, 0.1) is 5.92 Å². The van der Waals surface area contributed by atoms with Gasteiger partial charge in [-0.15, -0.1) is 0 Å². The Labute approximate surface area is 151 Å². The molecule has 5 nitrogen and oxygen atoms in total. The van der Waals surface area contributed by atoms with Gasteiger partial charge < -0.3 is 14.8 Å². The van der Waals surface area contributed by atoms with Gasteiger partial charge in [-0.3, -0.25) is 9.69 Å². The lowest BCUT2D eigenvalue weighted by atomic mass is 9.96. The molecule has 2 aromatic rings. The molecule has 1 N–H and O–H groups in total. The van der Waals surface area contributed by atoms with E-state index in [-0.39, 0.29) is 24.4 Å². The molecule has 26 heavy (non-hydrogen) atoms. The summed E-state index contributed by atoms with van der Waals surface area (Å²) in [6.07, 6.45) is 1.76. The fraction of sp³-hybridized carbons (Fsp3) is 0.350. The van der Waals surface area contributed by atoms with Crippen molar-refractivity contribution in [1.29, 1.82) is 0 Å². The fourth-order valence-electron chi connectivity index (χ4n) is 3.50. The number of piperidine rings is 1. The topological polar surface area (TPSA) is 50.8 Å². The number of nitrogens with one attached hydrogen (secondary N) is 1. The number of anilines is 1. The maximum absolute atomic E-state index is 13.9. The van der Waals surface area contributed by atoms with Crippen LogP contribution in [0, 0.1) is 11.7 Å². The zero-order chi connectivity index (χ0) is 17.9. The van der Waals surface area contributed by atoms with Crippen LogP contribution in [0.4, 0.5) is 10.1 Å². The molecular weight excluding hydrogens is 335 g/mol. The lowest BCUT2D eigenvalue weighted by Crippen LogP contribution is -2.40. The molecule has 1 fully saturated rings. The second-order valence-corrected chi connectivity index (χ2v) is 6.72. The van der Waals surface area contributed by atoms with Gasteiger partial charge in [0.1, 0.15) is 5.82 Å². The van der Waals surface area contributed by atoms with E-state index < -0.39 is 0 Å². The number of amides is 1. The minimum Gasteiger partial charge on any atom is -0.454 e. The molecule has 1 atom stereocenters. The van der Waals surface area contributed by atoms with Crippen LogP contribution in [-0.4, -0.2) is 30.7 Å². The second kappa shape index (κ2) is 7.33. The van der Waals surface area contributed by atoms with Crippen LogP contribution < -0.4 is 14.8 Å². The third kappa shape index (κ3) is 3.65. The number of benzene rings is 2. The van der Waals surface area contributed by atoms with Gasteiger partial charge in [0.15, 0.2) is 11.5 Å². The van der Waals surface area contributed by atoms with Crippen molar-refractivity contribution < 1.29 is 18.7 Å². The quantitative estimate of drug-likeness (QED) is 0.912. The summed E-state index contributed by atoms with van der Waals surface area (Å²) in [6, 6.07) is 12.2. The normalized spacial score (nSPS) is 19.3. The van der Waals surface area contributed by atoms with E-state index in [0.717, 1.165) is 19.4 Å². The Morgan fingerprint density at radius 2 is 2.04 bits per heavy atom. The lowest BCUT2D eigenvalue weighted by Gasteiger charge is -2.32. The summed E-state index contributed by atoms with van der Waals surface area (Å²) in [5.74, 6) is 1.02. The molecule has 4 rings (SSSR count). The summed E-state index contributed by atoms with van der Waals surface area (Å²) in [5, 5.41) is 2.96. The number of carbonyl (C=O) groups excluding carboxylic acids is 1. The number of fused-ring (bicyclic) bond motifs is 1. The van der Waals surface area contributed by atoms with Crippen molar-refractivity contribution in [2.75, 3.05) is 25.2 Å². The van der Waals surface area contributed by atoms with Crippen molar-refractivity contribution in [2.45, 2.75) is 19.4 Å². The SMILES string of the molecule is O=C(Nc1ccc2c(c1)OCO2)C1CCCN(Cc2ccccc2F)C1. The Bertz CT molecular complexity index is 811. The predicted octanol–water partition coefficient (Wildman–Crippen LogP) is 3.41. The van der Waals surface area contributed by atoms with Gasteiger partial charge in [-0.25, -0.2) is 4.39 Å². The average molecular weight is 356 g/mol. The first-order valence-electron chi connectivity index (χ1n) is 8.85. The molecule has 0 radical (unpaired) electrons. The van der Waals surface area contributed by atoms with Crippen molar-refractivity contribution in [1.82, 2.24) is 4.90 Å². The monoisotopic (exact) mass is 356 g/mol. The van der Waals surface area contributed by atoms with Gasteiger partial charge in [-0.1, -0.05) is 18.2 Å². The highest BCUT2D eigenvalue weighted by Gasteiger charge is 2.26. The minimum atomic E-state index is -0.195. The Hall–Kier alpha value is -2.60. The van der Waals surface area contributed by atoms with Crippen molar-refractivity contribution in [3.05, 3.63) is 53.8 Å². The van der Waals surface area contributed by atoms with Gasteiger partial charge in [0.2, 0.25) is 12.7 Å². The van der Waals surface area contributed by atoms with Crippen molar-refractivity contribution in [3.63, 3.8) is 0 Å². The maximum Gasteiger partial charge on any atom is 0.231 e. The molecule has 2 aliphatic heterocycles. The Kier molecular flexibility index (Phi) is 4.75. The minimum absolute atomic E-state index is 0.0119. The number of hydrogen-bond acceptors (Lipinski definition) is 4. The van der Waals surface area contributed by atoms with Gasteiger partial charge >= 0.3 is 0 Å². The molecule has 6 heteroatoms. The van der Waals surface area contributed by atoms with E-state index in [4.69, 9.17) is 9.47 Å². The highest BCUT2D eigenvalue weighted by Crippen LogP contribution is 2.34. The first-order chi connectivity index (χ1) is 12.7. The van der Waals surface area contributed by atoms with E-state index >= 15 is 0 Å². The van der Waals surface area contributed by atoms with Gasteiger partial charge in [-0.2, -0.15) is 0 Å². The van der Waals surface area contributed by atoms with E-state index in [1.807, 2.05) is 12.1 Å². The summed E-state index contributed by atoms with van der Waals surface area (Å²) in [6.45, 7) is 2.24. The van der Waals surface area contributed by atoms with E-state index in [0.29, 0.717) is 35.8 Å². The first kappa shape index (κ1) is 16.8. The first-order valence-corrected chi connectivity index (χ1v) is 8.85. The number of nitrogens with zero attached hydrogens (tertiary/aromatic N) is 1. The van der Waals surface area contributed by atoms with Crippen LogP contribution in [0.2, 0.25) is 0 Å². The number of ether oxygens (including phenoxy) is 2. The van der Waals surface area contributed by atoms with Crippen LogP contribution in [0.1, 0.15) is 18.4 Å². The molecule has 0 spiro atoms. The zero-order valence-electron chi connectivity index (χ0n) is 14.4. The molecule has 1 saturated heterocycles. The largest absolute Gasteiger partial charge is 0.454 e. The molecule has 136 valence electrons. The van der Waals surface area contributed by atoms with Crippen LogP contribution in [0.5, 0.6) is 11.5 Å². The Morgan fingerprint density at radius 1 is 1.19 bits per heavy atom. The number of hydrogen-bond donors (Lipinski definition) is 1. The van der Waals surface area contributed by atoms with Crippen LogP contribution in [0.15, 0.2) is 42.5 Å². The maximum atomic E-state index is 13.9. The van der Waals surface area contributed by atoms with E-state index in [1.54, 1.807) is 24.3 Å². The number of halogens is 1. The number of carbonyl (C=O) groups is 1. The summed E-state index contributed by atoms with van der Waals surface area (Å²) >= 11 is 0. The standard InChI is InChI=1S/C20H21FN2O3/c21-17-6-2-1-4-14(17)11-23-9-3-5-15(12-23)20(24)22-16-7-8-18-19(10-16)26-13-25-18/h1-2,4,6-8,10,15H,3,5,9,11-13H2,(H,22,24). The molecule has 0 bridgehead atoms. The molecule has 0 saturated carbocycles. The molecule has 2 aromatic carbocycles. The van der Waals surface area contributed by atoms with Gasteiger partial charge in [0.25, 0.3) is 0 Å². The van der Waals surface area contributed by atoms with Crippen molar-refractivity contribution in [2.24, 2.45) is 5.92 Å². The van der Waals surface area contributed by atoms with E-state index in [1.165, 1.54) is 6.07 Å². The van der Waals surface area contributed by atoms with Crippen LogP contribution in [-0.2, 0) is 11.3 Å². The number of likely N-dealkylation sites (tertiary alicyclic amines) is 1. The average Bonchev–Trinajstić information content (AvgIpc) is 3.12. The molecular formula is C20H21FN2O3. The van der Waals surface area contributed by atoms with Crippen LogP contribution >= 0.6 is 0 Å². The van der Waals surface area contributed by atoms with Crippen molar-refractivity contribution in [3.8, 4) is 11.5 Å². The molecule has 2 aliphatic rings. The summed E-state index contributed by atoms with van der Waals surface area (Å²) < 4.78 is 24.5. The Morgan fingerprint density at radius 3 is 2.92 bits per heavy atom. The van der Waals surface area contributed by atoms with E-state index in [9.17, 15) is 9.18 Å². The zero-order valence-corrected chi connectivity index (χ0v) is 14.4. The lowest BCUT2D eigenvalue weighted by molar-refractivity contribution is -0.121. The summed E-state index contributed by atoms with van der Waals surface area (Å²) in [4.78, 5) is 14.8. The number of rotatable bonds is 4. The Balaban J connectivity index is 1.38. The summed E-state index contributed by atoms with van der Waals surface area (Å²) in [5.41, 5.74) is 1.37. The molecule has 2 heterocycles. The van der Waals surface area contributed by atoms with Crippen LogP contribution in [0.3, 0.4) is 0 Å². The van der Waals surface area contributed by atoms with Crippen molar-refractivity contribution >= 4 is 11.6 Å². The highest BCUT2D eigenvalue weighted by atomic mass is 19.1. The highest BCUT2D eigenvalue weighted by molar-refractivity contribution is 5.93. The molecule has 0 aliphatic carbocycles. The third-order valence-electron chi connectivity index (χ3n) is 4.87. The van der Waals surface area contributed by atoms with Gasteiger partial charge in [0, 0.05) is 30.4 Å². The predicted molar refractivity (Wildman–Crippen MR) is 95.6 cm³/mol. The van der Waals surface area contributed by atoms with E-state index in [2.05, 4.69) is 10.2 Å².